The SMILES string of the molecule is CC(CC(=O)OCCC1CCSCC1)C(F)(F)F. The average molecular weight is 284 g/mol. The lowest BCUT2D eigenvalue weighted by Crippen LogP contribution is -2.24. The number of carbonyl (C=O) groups excluding carboxylic acids is 1. The molecule has 106 valence electrons. The molecule has 0 spiro atoms. The predicted molar refractivity (Wildman–Crippen MR) is 65.5 cm³/mol. The van der Waals surface area contributed by atoms with Crippen molar-refractivity contribution in [3.05, 3.63) is 0 Å². The van der Waals surface area contributed by atoms with Crippen LogP contribution < -0.4 is 0 Å². The van der Waals surface area contributed by atoms with Gasteiger partial charge in [-0.1, -0.05) is 6.92 Å². The highest BCUT2D eigenvalue weighted by Gasteiger charge is 2.37. The first-order chi connectivity index (χ1) is 8.39. The van der Waals surface area contributed by atoms with Gasteiger partial charge >= 0.3 is 12.1 Å². The lowest BCUT2D eigenvalue weighted by Gasteiger charge is -2.21. The number of alkyl halides is 3. The molecule has 0 N–H and O–H groups in total. The van der Waals surface area contributed by atoms with Gasteiger partial charge < -0.3 is 4.74 Å². The number of halogens is 3. The van der Waals surface area contributed by atoms with E-state index in [4.69, 9.17) is 4.74 Å². The third kappa shape index (κ3) is 5.98. The normalized spacial score (nSPS) is 19.6. The molecule has 1 rings (SSSR count). The van der Waals surface area contributed by atoms with Crippen LogP contribution in [0.3, 0.4) is 0 Å². The molecule has 0 saturated carbocycles. The summed E-state index contributed by atoms with van der Waals surface area (Å²) < 4.78 is 41.5. The Morgan fingerprint density at radius 2 is 2.00 bits per heavy atom. The molecule has 0 bridgehead atoms. The van der Waals surface area contributed by atoms with E-state index in [1.807, 2.05) is 11.8 Å². The van der Waals surface area contributed by atoms with Crippen molar-refractivity contribution in [3.63, 3.8) is 0 Å². The van der Waals surface area contributed by atoms with Crippen molar-refractivity contribution in [1.82, 2.24) is 0 Å². The smallest absolute Gasteiger partial charge is 0.392 e. The molecule has 1 atom stereocenters. The highest BCUT2D eigenvalue weighted by Crippen LogP contribution is 2.29. The summed E-state index contributed by atoms with van der Waals surface area (Å²) in [6.45, 7) is 1.25. The maximum absolute atomic E-state index is 12.2. The van der Waals surface area contributed by atoms with Gasteiger partial charge in [-0.05, 0) is 36.7 Å². The van der Waals surface area contributed by atoms with Gasteiger partial charge in [-0.2, -0.15) is 24.9 Å². The summed E-state index contributed by atoms with van der Waals surface area (Å²) in [5, 5.41) is 0. The molecule has 0 amide bonds. The Labute approximate surface area is 110 Å². The minimum Gasteiger partial charge on any atom is -0.466 e. The Bertz CT molecular complexity index is 263. The third-order valence-electron chi connectivity index (χ3n) is 3.16. The second-order valence-electron chi connectivity index (χ2n) is 4.71. The molecule has 1 saturated heterocycles. The topological polar surface area (TPSA) is 26.3 Å². The van der Waals surface area contributed by atoms with Crippen LogP contribution in [0.25, 0.3) is 0 Å². The number of rotatable bonds is 5. The van der Waals surface area contributed by atoms with Crippen molar-refractivity contribution in [1.29, 1.82) is 0 Å². The molecule has 1 unspecified atom stereocenters. The number of hydrogen-bond acceptors (Lipinski definition) is 3. The summed E-state index contributed by atoms with van der Waals surface area (Å²) in [5.74, 6) is 0.438. The van der Waals surface area contributed by atoms with E-state index < -0.39 is 24.5 Å². The van der Waals surface area contributed by atoms with Crippen LogP contribution in [-0.2, 0) is 9.53 Å². The minimum absolute atomic E-state index is 0.249. The van der Waals surface area contributed by atoms with Crippen LogP contribution in [-0.4, -0.2) is 30.3 Å². The largest absolute Gasteiger partial charge is 0.466 e. The van der Waals surface area contributed by atoms with Crippen molar-refractivity contribution >= 4 is 17.7 Å². The summed E-state index contributed by atoms with van der Waals surface area (Å²) in [5.41, 5.74) is 0. The Kier molecular flexibility index (Phi) is 6.32. The summed E-state index contributed by atoms with van der Waals surface area (Å²) >= 11 is 1.92. The van der Waals surface area contributed by atoms with Gasteiger partial charge in [0.1, 0.15) is 0 Å². The Balaban J connectivity index is 2.13. The fourth-order valence-electron chi connectivity index (χ4n) is 1.80. The predicted octanol–water partition coefficient (Wildman–Crippen LogP) is 3.65. The fraction of sp³-hybridized carbons (Fsp3) is 0.917. The first-order valence-corrected chi connectivity index (χ1v) is 7.35. The molecule has 1 fully saturated rings. The summed E-state index contributed by atoms with van der Waals surface area (Å²) in [6.07, 6.45) is -1.90. The van der Waals surface area contributed by atoms with Crippen molar-refractivity contribution in [2.24, 2.45) is 11.8 Å². The molecule has 6 heteroatoms. The van der Waals surface area contributed by atoms with Crippen LogP contribution >= 0.6 is 11.8 Å². The zero-order valence-corrected chi connectivity index (χ0v) is 11.3. The van der Waals surface area contributed by atoms with Gasteiger partial charge in [-0.3, -0.25) is 4.79 Å². The Hall–Kier alpha value is -0.390. The number of carbonyl (C=O) groups is 1. The number of ether oxygens (including phenoxy) is 1. The average Bonchev–Trinajstić information content (AvgIpc) is 2.29. The minimum atomic E-state index is -4.32. The van der Waals surface area contributed by atoms with Gasteiger partial charge in [0.2, 0.25) is 0 Å². The maximum atomic E-state index is 12.2. The highest BCUT2D eigenvalue weighted by atomic mass is 32.2. The van der Waals surface area contributed by atoms with Crippen LogP contribution in [0.4, 0.5) is 13.2 Å². The molecule has 0 aromatic rings. The van der Waals surface area contributed by atoms with Crippen molar-refractivity contribution in [2.45, 2.75) is 38.8 Å². The van der Waals surface area contributed by atoms with Crippen LogP contribution in [0, 0.1) is 11.8 Å². The number of thioether (sulfide) groups is 1. The zero-order valence-electron chi connectivity index (χ0n) is 10.5. The molecule has 1 aliphatic heterocycles. The van der Waals surface area contributed by atoms with E-state index in [1.54, 1.807) is 0 Å². The molecule has 0 aliphatic carbocycles. The maximum Gasteiger partial charge on any atom is 0.392 e. The third-order valence-corrected chi connectivity index (χ3v) is 4.21. The highest BCUT2D eigenvalue weighted by molar-refractivity contribution is 7.99. The van der Waals surface area contributed by atoms with Gasteiger partial charge in [0.05, 0.1) is 18.9 Å². The van der Waals surface area contributed by atoms with Gasteiger partial charge in [0.25, 0.3) is 0 Å². The van der Waals surface area contributed by atoms with E-state index >= 15 is 0 Å². The van der Waals surface area contributed by atoms with Crippen molar-refractivity contribution < 1.29 is 22.7 Å². The number of hydrogen-bond donors (Lipinski definition) is 0. The summed E-state index contributed by atoms with van der Waals surface area (Å²) in [4.78, 5) is 11.2. The molecular weight excluding hydrogens is 265 g/mol. The molecule has 0 aromatic carbocycles. The molecule has 0 aromatic heterocycles. The van der Waals surface area contributed by atoms with Crippen LogP contribution in [0.1, 0.15) is 32.6 Å². The second kappa shape index (κ2) is 7.26. The van der Waals surface area contributed by atoms with E-state index in [0.717, 1.165) is 37.7 Å². The Morgan fingerprint density at radius 3 is 2.56 bits per heavy atom. The van der Waals surface area contributed by atoms with E-state index in [9.17, 15) is 18.0 Å². The van der Waals surface area contributed by atoms with Gasteiger partial charge in [-0.25, -0.2) is 0 Å². The molecule has 18 heavy (non-hydrogen) atoms. The van der Waals surface area contributed by atoms with Crippen molar-refractivity contribution in [2.75, 3.05) is 18.1 Å². The molecule has 2 nitrogen and oxygen atoms in total. The first kappa shape index (κ1) is 15.7. The second-order valence-corrected chi connectivity index (χ2v) is 5.94. The molecule has 1 heterocycles. The van der Waals surface area contributed by atoms with Gasteiger partial charge in [0, 0.05) is 0 Å². The molecule has 1 aliphatic rings. The molecule has 0 radical (unpaired) electrons. The molecular formula is C12H19F3O2S. The standard InChI is InChI=1S/C12H19F3O2S/c1-9(12(13,14)15)8-11(16)17-5-2-10-3-6-18-7-4-10/h9-10H,2-8H2,1H3. The monoisotopic (exact) mass is 284 g/mol. The van der Waals surface area contributed by atoms with E-state index in [-0.39, 0.29) is 6.61 Å². The van der Waals surface area contributed by atoms with E-state index in [1.165, 1.54) is 0 Å². The lowest BCUT2D eigenvalue weighted by atomic mass is 9.99. The van der Waals surface area contributed by atoms with Crippen molar-refractivity contribution in [3.8, 4) is 0 Å². The van der Waals surface area contributed by atoms with E-state index in [0.29, 0.717) is 5.92 Å². The first-order valence-electron chi connectivity index (χ1n) is 6.19. The summed E-state index contributed by atoms with van der Waals surface area (Å²) in [7, 11) is 0. The Morgan fingerprint density at radius 1 is 1.39 bits per heavy atom. The van der Waals surface area contributed by atoms with Crippen LogP contribution in [0.5, 0.6) is 0 Å². The van der Waals surface area contributed by atoms with Crippen LogP contribution in [0.15, 0.2) is 0 Å². The number of esters is 1. The van der Waals surface area contributed by atoms with Gasteiger partial charge in [-0.15, -0.1) is 0 Å². The van der Waals surface area contributed by atoms with E-state index in [2.05, 4.69) is 0 Å². The lowest BCUT2D eigenvalue weighted by molar-refractivity contribution is -0.180. The fourth-order valence-corrected chi connectivity index (χ4v) is 3.00. The van der Waals surface area contributed by atoms with Crippen LogP contribution in [0.2, 0.25) is 0 Å². The van der Waals surface area contributed by atoms with Gasteiger partial charge in [0.15, 0.2) is 0 Å². The zero-order chi connectivity index (χ0) is 13.6. The summed E-state index contributed by atoms with van der Waals surface area (Å²) in [6, 6.07) is 0. The quantitative estimate of drug-likeness (QED) is 0.721.